The number of hydrogen-bond donors (Lipinski definition) is 1. The highest BCUT2D eigenvalue weighted by atomic mass is 16.5. The van der Waals surface area contributed by atoms with Crippen LogP contribution in [0.1, 0.15) is 25.3 Å². The Balaban J connectivity index is 2.15. The fourth-order valence-corrected chi connectivity index (χ4v) is 2.36. The van der Waals surface area contributed by atoms with E-state index in [4.69, 9.17) is 4.74 Å². The maximum Gasteiger partial charge on any atom is 0.252 e. The number of rotatable bonds is 5. The Labute approximate surface area is 118 Å². The van der Waals surface area contributed by atoms with Gasteiger partial charge in [-0.3, -0.25) is 14.5 Å². The molecule has 1 unspecified atom stereocenters. The fraction of sp³-hybridized carbons (Fsp3) is 0.467. The molecule has 0 spiro atoms. The molecule has 0 radical (unpaired) electrons. The van der Waals surface area contributed by atoms with Crippen molar-refractivity contribution in [3.05, 3.63) is 23.8 Å². The second-order valence-corrected chi connectivity index (χ2v) is 4.99. The molecule has 0 saturated carbocycles. The summed E-state index contributed by atoms with van der Waals surface area (Å²) in [5, 5.41) is 3.12. The van der Waals surface area contributed by atoms with E-state index in [0.29, 0.717) is 12.3 Å². The van der Waals surface area contributed by atoms with Crippen LogP contribution in [0.25, 0.3) is 0 Å². The Morgan fingerprint density at radius 1 is 1.40 bits per heavy atom. The number of methoxy groups -OCH3 is 1. The molecule has 2 amide bonds. The predicted octanol–water partition coefficient (Wildman–Crippen LogP) is 1.95. The minimum absolute atomic E-state index is 0.111. The lowest BCUT2D eigenvalue weighted by molar-refractivity contribution is -0.138. The van der Waals surface area contributed by atoms with Gasteiger partial charge in [0.05, 0.1) is 19.2 Å². The van der Waals surface area contributed by atoms with Gasteiger partial charge in [-0.1, -0.05) is 13.0 Å². The first-order chi connectivity index (χ1) is 9.56. The van der Waals surface area contributed by atoms with Crippen molar-refractivity contribution in [1.29, 1.82) is 0 Å². The number of carbonyl (C=O) groups is 2. The molecule has 108 valence electrons. The van der Waals surface area contributed by atoms with Crippen LogP contribution in [0.2, 0.25) is 0 Å². The van der Waals surface area contributed by atoms with Crippen molar-refractivity contribution < 1.29 is 14.3 Å². The number of ether oxygens (including phenoxy) is 1. The normalized spacial score (nSPS) is 18.6. The van der Waals surface area contributed by atoms with E-state index in [1.165, 1.54) is 4.90 Å². The monoisotopic (exact) mass is 276 g/mol. The molecule has 0 aliphatic carbocycles. The van der Waals surface area contributed by atoms with Crippen LogP contribution >= 0.6 is 0 Å². The van der Waals surface area contributed by atoms with Crippen molar-refractivity contribution in [2.24, 2.45) is 0 Å². The standard InChI is InChI=1S/C15H20N2O3/c1-4-7-17-14(18)9-12(15(17)19)16-11-6-5-10(2)8-13(11)20-3/h5-6,8,12,16H,4,7,9H2,1-3H3. The highest BCUT2D eigenvalue weighted by Crippen LogP contribution is 2.28. The highest BCUT2D eigenvalue weighted by Gasteiger charge is 2.38. The van der Waals surface area contributed by atoms with Gasteiger partial charge in [-0.05, 0) is 31.0 Å². The van der Waals surface area contributed by atoms with E-state index in [0.717, 1.165) is 17.7 Å². The lowest BCUT2D eigenvalue weighted by atomic mass is 10.1. The zero-order valence-corrected chi connectivity index (χ0v) is 12.1. The van der Waals surface area contributed by atoms with Crippen molar-refractivity contribution in [3.63, 3.8) is 0 Å². The van der Waals surface area contributed by atoms with Gasteiger partial charge in [0.1, 0.15) is 11.8 Å². The molecule has 1 aliphatic heterocycles. The Bertz CT molecular complexity index is 528. The number of carbonyl (C=O) groups excluding carboxylic acids is 2. The second-order valence-electron chi connectivity index (χ2n) is 4.99. The molecule has 0 aromatic heterocycles. The Hall–Kier alpha value is -2.04. The number of imide groups is 1. The van der Waals surface area contributed by atoms with Crippen LogP contribution < -0.4 is 10.1 Å². The van der Waals surface area contributed by atoms with Gasteiger partial charge >= 0.3 is 0 Å². The van der Waals surface area contributed by atoms with Gasteiger partial charge in [0.25, 0.3) is 5.91 Å². The molecule has 20 heavy (non-hydrogen) atoms. The number of amides is 2. The van der Waals surface area contributed by atoms with Gasteiger partial charge in [0, 0.05) is 6.54 Å². The van der Waals surface area contributed by atoms with Crippen LogP contribution in [0.5, 0.6) is 5.75 Å². The molecule has 2 rings (SSSR count). The average molecular weight is 276 g/mol. The van der Waals surface area contributed by atoms with Crippen LogP contribution in [-0.2, 0) is 9.59 Å². The molecule has 0 bridgehead atoms. The van der Waals surface area contributed by atoms with Crippen LogP contribution in [0.4, 0.5) is 5.69 Å². The maximum absolute atomic E-state index is 12.2. The summed E-state index contributed by atoms with van der Waals surface area (Å²) in [6.07, 6.45) is 0.980. The van der Waals surface area contributed by atoms with Crippen molar-refractivity contribution in [1.82, 2.24) is 4.90 Å². The van der Waals surface area contributed by atoms with E-state index in [9.17, 15) is 9.59 Å². The molecular weight excluding hydrogens is 256 g/mol. The van der Waals surface area contributed by atoms with Gasteiger partial charge in [0.15, 0.2) is 0 Å². The summed E-state index contributed by atoms with van der Waals surface area (Å²) >= 11 is 0. The zero-order valence-electron chi connectivity index (χ0n) is 12.1. The third kappa shape index (κ3) is 2.76. The number of aryl methyl sites for hydroxylation is 1. The van der Waals surface area contributed by atoms with Gasteiger partial charge in [-0.25, -0.2) is 0 Å². The van der Waals surface area contributed by atoms with E-state index in [2.05, 4.69) is 5.32 Å². The molecule has 5 nitrogen and oxygen atoms in total. The molecule has 1 aromatic carbocycles. The molecular formula is C15H20N2O3. The summed E-state index contributed by atoms with van der Waals surface area (Å²) in [5.74, 6) is 0.416. The topological polar surface area (TPSA) is 58.6 Å². The SMILES string of the molecule is CCCN1C(=O)CC(Nc2ccc(C)cc2OC)C1=O. The van der Waals surface area contributed by atoms with E-state index >= 15 is 0 Å². The van der Waals surface area contributed by atoms with Crippen molar-refractivity contribution >= 4 is 17.5 Å². The second kappa shape index (κ2) is 5.94. The van der Waals surface area contributed by atoms with Crippen molar-refractivity contribution in [2.45, 2.75) is 32.7 Å². The van der Waals surface area contributed by atoms with Crippen LogP contribution in [0.3, 0.4) is 0 Å². The van der Waals surface area contributed by atoms with Gasteiger partial charge in [-0.2, -0.15) is 0 Å². The van der Waals surface area contributed by atoms with E-state index in [1.54, 1.807) is 7.11 Å². The molecule has 1 aromatic rings. The Morgan fingerprint density at radius 2 is 2.15 bits per heavy atom. The molecule has 1 saturated heterocycles. The lowest BCUT2D eigenvalue weighted by Gasteiger charge is -2.17. The molecule has 1 heterocycles. The Morgan fingerprint density at radius 3 is 2.80 bits per heavy atom. The minimum Gasteiger partial charge on any atom is -0.495 e. The predicted molar refractivity (Wildman–Crippen MR) is 76.8 cm³/mol. The average Bonchev–Trinajstić information content (AvgIpc) is 2.69. The molecule has 1 N–H and O–H groups in total. The first-order valence-corrected chi connectivity index (χ1v) is 6.82. The van der Waals surface area contributed by atoms with Crippen molar-refractivity contribution in [2.75, 3.05) is 19.0 Å². The number of anilines is 1. The van der Waals surface area contributed by atoms with E-state index in [-0.39, 0.29) is 18.2 Å². The Kier molecular flexibility index (Phi) is 4.27. The van der Waals surface area contributed by atoms with Gasteiger partial charge < -0.3 is 10.1 Å². The summed E-state index contributed by atoms with van der Waals surface area (Å²) in [6, 6.07) is 5.21. The lowest BCUT2D eigenvalue weighted by Crippen LogP contribution is -2.35. The summed E-state index contributed by atoms with van der Waals surface area (Å²) in [4.78, 5) is 25.3. The highest BCUT2D eigenvalue weighted by molar-refractivity contribution is 6.06. The number of likely N-dealkylation sites (tertiary alicyclic amines) is 1. The molecule has 1 aliphatic rings. The van der Waals surface area contributed by atoms with Gasteiger partial charge in [-0.15, -0.1) is 0 Å². The smallest absolute Gasteiger partial charge is 0.252 e. The first kappa shape index (κ1) is 14.4. The van der Waals surface area contributed by atoms with E-state index in [1.807, 2.05) is 32.0 Å². The van der Waals surface area contributed by atoms with E-state index < -0.39 is 6.04 Å². The molecule has 1 atom stereocenters. The van der Waals surface area contributed by atoms with Crippen LogP contribution in [-0.4, -0.2) is 36.4 Å². The summed E-state index contributed by atoms with van der Waals surface area (Å²) in [7, 11) is 1.59. The molecule has 1 fully saturated rings. The third-order valence-corrected chi connectivity index (χ3v) is 3.38. The largest absolute Gasteiger partial charge is 0.495 e. The number of benzene rings is 1. The maximum atomic E-state index is 12.2. The third-order valence-electron chi connectivity index (χ3n) is 3.38. The number of hydrogen-bond acceptors (Lipinski definition) is 4. The van der Waals surface area contributed by atoms with Gasteiger partial charge in [0.2, 0.25) is 5.91 Å². The summed E-state index contributed by atoms with van der Waals surface area (Å²) < 4.78 is 5.30. The van der Waals surface area contributed by atoms with Crippen LogP contribution in [0.15, 0.2) is 18.2 Å². The summed E-state index contributed by atoms with van der Waals surface area (Å²) in [5.41, 5.74) is 1.82. The fourth-order valence-electron chi connectivity index (χ4n) is 2.36. The summed E-state index contributed by atoms with van der Waals surface area (Å²) in [6.45, 7) is 4.41. The minimum atomic E-state index is -0.495. The first-order valence-electron chi connectivity index (χ1n) is 6.82. The number of nitrogens with zero attached hydrogens (tertiary/aromatic N) is 1. The number of nitrogens with one attached hydrogen (secondary N) is 1. The molecule has 5 heteroatoms. The zero-order chi connectivity index (χ0) is 14.7. The quantitative estimate of drug-likeness (QED) is 0.835. The van der Waals surface area contributed by atoms with Crippen molar-refractivity contribution in [3.8, 4) is 5.75 Å². The van der Waals surface area contributed by atoms with Crippen LogP contribution in [0, 0.1) is 6.92 Å².